The van der Waals surface area contributed by atoms with E-state index in [0.29, 0.717) is 19.3 Å². The zero-order valence-electron chi connectivity index (χ0n) is 54.3. The summed E-state index contributed by atoms with van der Waals surface area (Å²) in [6.07, 6.45) is 89.9. The molecule has 0 bridgehead atoms. The molecule has 1 atom stereocenters. The summed E-state index contributed by atoms with van der Waals surface area (Å²) < 4.78 is 16.9. The normalized spacial score (nSPS) is 12.4. The van der Waals surface area contributed by atoms with Gasteiger partial charge >= 0.3 is 17.9 Å². The third-order valence-electron chi connectivity index (χ3n) is 16.0. The number of ether oxygens (including phenoxy) is 3. The second-order valence-corrected chi connectivity index (χ2v) is 24.1. The first-order chi connectivity index (χ1) is 40.0. The zero-order chi connectivity index (χ0) is 58.5. The van der Waals surface area contributed by atoms with Crippen LogP contribution in [0.1, 0.15) is 380 Å². The fourth-order valence-corrected chi connectivity index (χ4v) is 10.7. The van der Waals surface area contributed by atoms with Gasteiger partial charge in [-0.3, -0.25) is 14.4 Å². The van der Waals surface area contributed by atoms with Gasteiger partial charge in [0.1, 0.15) is 13.2 Å². The highest BCUT2D eigenvalue weighted by molar-refractivity contribution is 5.71. The molecule has 0 heterocycles. The molecule has 0 aromatic carbocycles. The van der Waals surface area contributed by atoms with Crippen molar-refractivity contribution in [3.05, 3.63) is 60.8 Å². The lowest BCUT2D eigenvalue weighted by Gasteiger charge is -2.18. The van der Waals surface area contributed by atoms with Crippen molar-refractivity contribution in [1.82, 2.24) is 0 Å². The summed E-state index contributed by atoms with van der Waals surface area (Å²) in [6, 6.07) is 0. The van der Waals surface area contributed by atoms with Gasteiger partial charge < -0.3 is 14.2 Å². The van der Waals surface area contributed by atoms with Crippen molar-refractivity contribution < 1.29 is 28.6 Å². The van der Waals surface area contributed by atoms with Gasteiger partial charge in [0.15, 0.2) is 6.10 Å². The van der Waals surface area contributed by atoms with Gasteiger partial charge in [-0.25, -0.2) is 0 Å². The fourth-order valence-electron chi connectivity index (χ4n) is 10.7. The number of carbonyl (C=O) groups excluding carboxylic acids is 3. The van der Waals surface area contributed by atoms with Gasteiger partial charge in [-0.15, -0.1) is 0 Å². The minimum absolute atomic E-state index is 0.0826. The van der Waals surface area contributed by atoms with Gasteiger partial charge in [0.05, 0.1) is 0 Å². The summed E-state index contributed by atoms with van der Waals surface area (Å²) in [4.78, 5) is 38.4. The molecule has 6 nitrogen and oxygen atoms in total. The Labute approximate surface area is 504 Å². The second kappa shape index (κ2) is 69.6. The van der Waals surface area contributed by atoms with Gasteiger partial charge in [0.25, 0.3) is 0 Å². The van der Waals surface area contributed by atoms with Crippen molar-refractivity contribution in [2.75, 3.05) is 13.2 Å². The van der Waals surface area contributed by atoms with Crippen molar-refractivity contribution >= 4 is 17.9 Å². The number of hydrogen-bond acceptors (Lipinski definition) is 6. The molecule has 0 radical (unpaired) electrons. The largest absolute Gasteiger partial charge is 0.462 e. The topological polar surface area (TPSA) is 78.9 Å². The minimum atomic E-state index is -0.789. The Morgan fingerprint density at radius 1 is 0.259 bits per heavy atom. The van der Waals surface area contributed by atoms with Crippen molar-refractivity contribution in [1.29, 1.82) is 0 Å². The summed E-state index contributed by atoms with van der Waals surface area (Å²) in [7, 11) is 0. The summed E-state index contributed by atoms with van der Waals surface area (Å²) in [5, 5.41) is 0. The van der Waals surface area contributed by atoms with E-state index in [0.717, 1.165) is 122 Å². The van der Waals surface area contributed by atoms with Crippen LogP contribution in [0.3, 0.4) is 0 Å². The lowest BCUT2D eigenvalue weighted by atomic mass is 10.0. The Hall–Kier alpha value is -2.89. The molecule has 6 heteroatoms. The lowest BCUT2D eigenvalue weighted by Crippen LogP contribution is -2.30. The van der Waals surface area contributed by atoms with E-state index < -0.39 is 6.10 Å². The summed E-state index contributed by atoms with van der Waals surface area (Å²) in [5.41, 5.74) is 0. The molecule has 0 aromatic heterocycles. The molecule has 0 aliphatic heterocycles. The van der Waals surface area contributed by atoms with Gasteiger partial charge in [0, 0.05) is 19.3 Å². The molecule has 0 amide bonds. The molecule has 472 valence electrons. The van der Waals surface area contributed by atoms with Gasteiger partial charge in [-0.2, -0.15) is 0 Å². The van der Waals surface area contributed by atoms with E-state index in [4.69, 9.17) is 14.2 Å². The van der Waals surface area contributed by atoms with Gasteiger partial charge in [0.2, 0.25) is 0 Å². The van der Waals surface area contributed by atoms with Crippen LogP contribution in [0.25, 0.3) is 0 Å². The molecule has 0 saturated heterocycles. The highest BCUT2D eigenvalue weighted by Crippen LogP contribution is 2.19. The van der Waals surface area contributed by atoms with E-state index in [9.17, 15) is 14.4 Å². The maximum Gasteiger partial charge on any atom is 0.306 e. The van der Waals surface area contributed by atoms with E-state index in [-0.39, 0.29) is 31.1 Å². The predicted octanol–water partition coefficient (Wildman–Crippen LogP) is 24.7. The van der Waals surface area contributed by atoms with Crippen molar-refractivity contribution in [3.8, 4) is 0 Å². The van der Waals surface area contributed by atoms with Crippen LogP contribution in [0.4, 0.5) is 0 Å². The zero-order valence-corrected chi connectivity index (χ0v) is 54.3. The number of unbranched alkanes of at least 4 members (excludes halogenated alkanes) is 45. The number of rotatable bonds is 66. The molecule has 0 aliphatic carbocycles. The number of esters is 3. The molecule has 0 N–H and O–H groups in total. The maximum atomic E-state index is 12.9. The standard InChI is InChI=1S/C75H136O6/c1-4-7-10-13-16-19-22-25-28-30-31-32-33-34-35-36-37-38-39-40-41-42-43-44-45-48-50-53-56-59-62-65-68-74(77)80-71-72(70-79-73(76)67-64-61-58-55-52-49-46-27-24-21-18-15-12-9-6-3)81-75(78)69-66-63-60-57-54-51-47-29-26-23-20-17-14-11-8-5-2/h9,12,18,20-21,23,27,29,46-47,72H,4-8,10-11,13-17,19,22,24-26,28,30-45,48-71H2,1-3H3/b12-9-,21-18-,23-20-,46-27-,47-29-. The van der Waals surface area contributed by atoms with Crippen molar-refractivity contribution in [2.45, 2.75) is 386 Å². The summed E-state index contributed by atoms with van der Waals surface area (Å²) >= 11 is 0. The lowest BCUT2D eigenvalue weighted by molar-refractivity contribution is -0.167. The molecular formula is C75H136O6. The van der Waals surface area contributed by atoms with Crippen LogP contribution in [0.15, 0.2) is 60.8 Å². The van der Waals surface area contributed by atoms with Crippen LogP contribution in [-0.4, -0.2) is 37.2 Å². The molecule has 0 aliphatic rings. The Morgan fingerprint density at radius 3 is 0.765 bits per heavy atom. The SMILES string of the molecule is CC/C=C\C/C=C\C/C=C\CCCCCCCC(=O)OCC(COC(=O)CCCCCCCCCCCCCCCCCCCCCCCCCCCCCCCCCC)OC(=O)CCCCCCC/C=C\C/C=C\CCCCCC. The Balaban J connectivity index is 4.16. The number of hydrogen-bond donors (Lipinski definition) is 0. The van der Waals surface area contributed by atoms with Crippen LogP contribution >= 0.6 is 0 Å². The van der Waals surface area contributed by atoms with E-state index >= 15 is 0 Å². The third-order valence-corrected chi connectivity index (χ3v) is 16.0. The smallest absolute Gasteiger partial charge is 0.306 e. The molecular weight excluding hydrogens is 997 g/mol. The maximum absolute atomic E-state index is 12.9. The minimum Gasteiger partial charge on any atom is -0.462 e. The number of allylic oxidation sites excluding steroid dienone is 10. The van der Waals surface area contributed by atoms with Crippen LogP contribution < -0.4 is 0 Å². The average Bonchev–Trinajstić information content (AvgIpc) is 3.47. The van der Waals surface area contributed by atoms with Crippen molar-refractivity contribution in [2.24, 2.45) is 0 Å². The van der Waals surface area contributed by atoms with E-state index in [2.05, 4.69) is 81.5 Å². The van der Waals surface area contributed by atoms with Gasteiger partial charge in [-0.1, -0.05) is 338 Å². The van der Waals surface area contributed by atoms with Crippen LogP contribution in [0, 0.1) is 0 Å². The summed E-state index contributed by atoms with van der Waals surface area (Å²) in [6.45, 7) is 6.54. The fraction of sp³-hybridized carbons (Fsp3) is 0.827. The van der Waals surface area contributed by atoms with Crippen molar-refractivity contribution in [3.63, 3.8) is 0 Å². The number of carbonyl (C=O) groups is 3. The van der Waals surface area contributed by atoms with E-state index in [1.165, 1.54) is 218 Å². The Kier molecular flexibility index (Phi) is 67.1. The quantitative estimate of drug-likeness (QED) is 0.0261. The Bertz CT molecular complexity index is 1440. The van der Waals surface area contributed by atoms with E-state index in [1.807, 2.05) is 0 Å². The predicted molar refractivity (Wildman–Crippen MR) is 353 cm³/mol. The highest BCUT2D eigenvalue weighted by Gasteiger charge is 2.19. The van der Waals surface area contributed by atoms with Crippen LogP contribution in [0.5, 0.6) is 0 Å². The Morgan fingerprint density at radius 2 is 0.481 bits per heavy atom. The molecule has 0 saturated carbocycles. The molecule has 0 aromatic rings. The molecule has 0 fully saturated rings. The van der Waals surface area contributed by atoms with E-state index in [1.54, 1.807) is 0 Å². The third kappa shape index (κ3) is 67.8. The first kappa shape index (κ1) is 78.1. The van der Waals surface area contributed by atoms with Crippen LogP contribution in [-0.2, 0) is 28.6 Å². The molecule has 1 unspecified atom stereocenters. The van der Waals surface area contributed by atoms with Gasteiger partial charge in [-0.05, 0) is 83.5 Å². The monoisotopic (exact) mass is 1130 g/mol. The first-order valence-electron chi connectivity index (χ1n) is 35.8. The molecule has 81 heavy (non-hydrogen) atoms. The highest BCUT2D eigenvalue weighted by atomic mass is 16.6. The summed E-state index contributed by atoms with van der Waals surface area (Å²) in [5.74, 6) is -0.894. The van der Waals surface area contributed by atoms with Crippen LogP contribution in [0.2, 0.25) is 0 Å². The average molecular weight is 1130 g/mol. The second-order valence-electron chi connectivity index (χ2n) is 24.1. The molecule has 0 spiro atoms. The first-order valence-corrected chi connectivity index (χ1v) is 35.8. The molecule has 0 rings (SSSR count).